The number of rotatable bonds is 5. The van der Waals surface area contributed by atoms with Crippen molar-refractivity contribution in [3.8, 4) is 0 Å². The molecule has 0 aromatic heterocycles. The smallest absolute Gasteiger partial charge is 0.0601 e. The third kappa shape index (κ3) is 4.41. The lowest BCUT2D eigenvalue weighted by Gasteiger charge is -2.24. The molecule has 0 aromatic rings. The van der Waals surface area contributed by atoms with E-state index in [9.17, 15) is 0 Å². The Morgan fingerprint density at radius 2 is 1.55 bits per heavy atom. The van der Waals surface area contributed by atoms with Crippen molar-refractivity contribution in [1.29, 1.82) is 0 Å². The first-order valence-corrected chi connectivity index (χ1v) is 4.77. The van der Waals surface area contributed by atoms with Crippen LogP contribution in [0.1, 0.15) is 47.5 Å². The summed E-state index contributed by atoms with van der Waals surface area (Å²) in [6, 6.07) is 0. The van der Waals surface area contributed by atoms with E-state index in [0.717, 1.165) is 6.42 Å². The molecule has 0 aliphatic heterocycles. The van der Waals surface area contributed by atoms with Crippen LogP contribution in [0, 0.1) is 5.92 Å². The fourth-order valence-corrected chi connectivity index (χ4v) is 1.25. The number of hydrogen-bond acceptors (Lipinski definition) is 1. The summed E-state index contributed by atoms with van der Waals surface area (Å²) in [6.07, 6.45) is 3.17. The van der Waals surface area contributed by atoms with E-state index >= 15 is 0 Å². The van der Waals surface area contributed by atoms with Gasteiger partial charge in [-0.15, -0.1) is 0 Å². The minimum atomic E-state index is 0.369. The molecular weight excluding hydrogens is 136 g/mol. The maximum absolute atomic E-state index is 5.75. The first-order valence-electron chi connectivity index (χ1n) is 4.77. The molecule has 0 radical (unpaired) electrons. The van der Waals surface area contributed by atoms with Crippen molar-refractivity contribution in [3.05, 3.63) is 0 Å². The summed E-state index contributed by atoms with van der Waals surface area (Å²) >= 11 is 0. The van der Waals surface area contributed by atoms with Gasteiger partial charge in [-0.25, -0.2) is 0 Å². The lowest BCUT2D eigenvalue weighted by atomic mass is 10.00. The summed E-state index contributed by atoms with van der Waals surface area (Å²) < 4.78 is 5.75. The summed E-state index contributed by atoms with van der Waals surface area (Å²) in [7, 11) is 0. The molecule has 0 aromatic carbocycles. The molecule has 11 heavy (non-hydrogen) atoms. The lowest BCUT2D eigenvalue weighted by Crippen LogP contribution is -2.23. The van der Waals surface area contributed by atoms with E-state index in [0.29, 0.717) is 18.1 Å². The Morgan fingerprint density at radius 1 is 1.00 bits per heavy atom. The van der Waals surface area contributed by atoms with Crippen molar-refractivity contribution < 1.29 is 4.74 Å². The normalized spacial score (nSPS) is 16.9. The minimum absolute atomic E-state index is 0.369. The van der Waals surface area contributed by atoms with Crippen LogP contribution in [0.2, 0.25) is 0 Å². The largest absolute Gasteiger partial charge is 0.375 e. The molecule has 0 aliphatic carbocycles. The van der Waals surface area contributed by atoms with Crippen LogP contribution in [0.3, 0.4) is 0 Å². The topological polar surface area (TPSA) is 9.23 Å². The zero-order valence-electron chi connectivity index (χ0n) is 8.55. The Balaban J connectivity index is 3.74. The van der Waals surface area contributed by atoms with Crippen molar-refractivity contribution in [2.24, 2.45) is 5.92 Å². The van der Waals surface area contributed by atoms with Crippen molar-refractivity contribution in [2.75, 3.05) is 0 Å². The second kappa shape index (κ2) is 5.59. The number of hydrogen-bond donors (Lipinski definition) is 0. The molecule has 0 saturated carbocycles. The molecule has 1 nitrogen and oxygen atoms in total. The monoisotopic (exact) mass is 158 g/mol. The second-order valence-electron chi connectivity index (χ2n) is 3.52. The summed E-state index contributed by atoms with van der Waals surface area (Å²) in [5.74, 6) is 0.697. The Kier molecular flexibility index (Phi) is 5.57. The Labute approximate surface area is 71.1 Å². The molecule has 2 unspecified atom stereocenters. The van der Waals surface area contributed by atoms with E-state index in [-0.39, 0.29) is 0 Å². The van der Waals surface area contributed by atoms with E-state index < -0.39 is 0 Å². The van der Waals surface area contributed by atoms with Gasteiger partial charge in [-0.1, -0.05) is 27.2 Å². The van der Waals surface area contributed by atoms with Crippen LogP contribution < -0.4 is 0 Å². The number of ether oxygens (including phenoxy) is 1. The second-order valence-corrected chi connectivity index (χ2v) is 3.52. The molecule has 0 bridgehead atoms. The van der Waals surface area contributed by atoms with Gasteiger partial charge < -0.3 is 4.74 Å². The third-order valence-corrected chi connectivity index (χ3v) is 2.13. The minimum Gasteiger partial charge on any atom is -0.375 e. The van der Waals surface area contributed by atoms with Gasteiger partial charge in [-0.05, 0) is 26.2 Å². The van der Waals surface area contributed by atoms with Crippen LogP contribution in [-0.4, -0.2) is 12.2 Å². The highest BCUT2D eigenvalue weighted by atomic mass is 16.5. The molecule has 0 amide bonds. The molecule has 2 atom stereocenters. The molecule has 0 aliphatic rings. The summed E-state index contributed by atoms with van der Waals surface area (Å²) in [4.78, 5) is 0. The maximum Gasteiger partial charge on any atom is 0.0601 e. The van der Waals surface area contributed by atoms with Crippen molar-refractivity contribution in [2.45, 2.75) is 59.7 Å². The fourth-order valence-electron chi connectivity index (χ4n) is 1.25. The van der Waals surface area contributed by atoms with Crippen molar-refractivity contribution in [3.63, 3.8) is 0 Å². The maximum atomic E-state index is 5.75. The lowest BCUT2D eigenvalue weighted by molar-refractivity contribution is -0.0247. The molecular formula is C10H22O. The van der Waals surface area contributed by atoms with Gasteiger partial charge in [-0.2, -0.15) is 0 Å². The average Bonchev–Trinajstić information content (AvgIpc) is 1.98. The zero-order valence-corrected chi connectivity index (χ0v) is 8.55. The van der Waals surface area contributed by atoms with Crippen molar-refractivity contribution >= 4 is 0 Å². The van der Waals surface area contributed by atoms with E-state index in [1.807, 2.05) is 0 Å². The van der Waals surface area contributed by atoms with E-state index in [1.54, 1.807) is 0 Å². The van der Waals surface area contributed by atoms with Gasteiger partial charge in [-0.3, -0.25) is 0 Å². The van der Waals surface area contributed by atoms with Gasteiger partial charge in [0, 0.05) is 0 Å². The molecule has 0 spiro atoms. The Hall–Kier alpha value is -0.0400. The SMILES string of the molecule is CCC(C)C(CC)OC(C)C. The molecule has 68 valence electrons. The fraction of sp³-hybridized carbons (Fsp3) is 1.00. The van der Waals surface area contributed by atoms with Crippen LogP contribution in [-0.2, 0) is 4.74 Å². The Bertz CT molecular complexity index is 88.9. The van der Waals surface area contributed by atoms with Gasteiger partial charge >= 0.3 is 0 Å². The zero-order chi connectivity index (χ0) is 8.85. The van der Waals surface area contributed by atoms with Gasteiger partial charge in [0.15, 0.2) is 0 Å². The molecule has 0 fully saturated rings. The predicted octanol–water partition coefficient (Wildman–Crippen LogP) is 3.24. The van der Waals surface area contributed by atoms with Crippen LogP contribution in [0.5, 0.6) is 0 Å². The highest BCUT2D eigenvalue weighted by Gasteiger charge is 2.14. The van der Waals surface area contributed by atoms with Gasteiger partial charge in [0.05, 0.1) is 12.2 Å². The first-order chi connectivity index (χ1) is 5.11. The highest BCUT2D eigenvalue weighted by molar-refractivity contribution is 4.63. The first kappa shape index (κ1) is 11.0. The van der Waals surface area contributed by atoms with Crippen molar-refractivity contribution in [1.82, 2.24) is 0 Å². The van der Waals surface area contributed by atoms with E-state index in [2.05, 4.69) is 34.6 Å². The van der Waals surface area contributed by atoms with Crippen LogP contribution in [0.25, 0.3) is 0 Å². The molecule has 0 saturated heterocycles. The molecule has 0 heterocycles. The van der Waals surface area contributed by atoms with Crippen LogP contribution in [0.15, 0.2) is 0 Å². The van der Waals surface area contributed by atoms with Gasteiger partial charge in [0.2, 0.25) is 0 Å². The van der Waals surface area contributed by atoms with Gasteiger partial charge in [0.1, 0.15) is 0 Å². The summed E-state index contributed by atoms with van der Waals surface area (Å²) in [6.45, 7) is 10.9. The quantitative estimate of drug-likeness (QED) is 0.597. The highest BCUT2D eigenvalue weighted by Crippen LogP contribution is 2.15. The molecule has 0 N–H and O–H groups in total. The van der Waals surface area contributed by atoms with E-state index in [4.69, 9.17) is 4.74 Å². The average molecular weight is 158 g/mol. The van der Waals surface area contributed by atoms with Crippen LogP contribution >= 0.6 is 0 Å². The van der Waals surface area contributed by atoms with E-state index in [1.165, 1.54) is 6.42 Å². The standard InChI is InChI=1S/C10H22O/c1-6-9(5)10(7-2)11-8(3)4/h8-10H,6-7H2,1-5H3. The Morgan fingerprint density at radius 3 is 1.82 bits per heavy atom. The third-order valence-electron chi connectivity index (χ3n) is 2.13. The predicted molar refractivity (Wildman–Crippen MR) is 49.8 cm³/mol. The summed E-state index contributed by atoms with van der Waals surface area (Å²) in [5.41, 5.74) is 0. The molecule has 0 rings (SSSR count). The molecule has 1 heteroatoms. The van der Waals surface area contributed by atoms with Gasteiger partial charge in [0.25, 0.3) is 0 Å². The summed E-state index contributed by atoms with van der Waals surface area (Å²) in [5, 5.41) is 0. The van der Waals surface area contributed by atoms with Crippen LogP contribution in [0.4, 0.5) is 0 Å².